The van der Waals surface area contributed by atoms with Gasteiger partial charge in [0.2, 0.25) is 5.12 Å². The van der Waals surface area contributed by atoms with Crippen LogP contribution in [0.1, 0.15) is 19.3 Å². The summed E-state index contributed by atoms with van der Waals surface area (Å²) in [5.74, 6) is 0. The molecule has 1 aliphatic rings. The highest BCUT2D eigenvalue weighted by atomic mass is 32.1. The lowest BCUT2D eigenvalue weighted by Crippen LogP contribution is -2.24. The molecule has 2 nitrogen and oxygen atoms in total. The number of hydrogen-bond acceptors (Lipinski definition) is 2. The molecular formula is C8H13NOS. The summed E-state index contributed by atoms with van der Waals surface area (Å²) in [5, 5.41) is -0.171. The number of rotatable bonds is 2. The van der Waals surface area contributed by atoms with Crippen LogP contribution in [0.15, 0.2) is 12.3 Å². The zero-order chi connectivity index (χ0) is 8.10. The lowest BCUT2D eigenvalue weighted by atomic mass is 10.1. The van der Waals surface area contributed by atoms with Crippen LogP contribution in [0, 0.1) is 0 Å². The largest absolute Gasteiger partial charge is 0.377 e. The van der Waals surface area contributed by atoms with E-state index in [1.54, 1.807) is 0 Å². The maximum absolute atomic E-state index is 10.4. The quantitative estimate of drug-likeness (QED) is 0.501. The first-order valence-corrected chi connectivity index (χ1v) is 4.39. The second kappa shape index (κ2) is 4.44. The molecule has 62 valence electrons. The Hall–Kier alpha value is -0.440. The van der Waals surface area contributed by atoms with Crippen LogP contribution in [0.25, 0.3) is 0 Å². The number of carbonyl (C=O) groups is 1. The van der Waals surface area contributed by atoms with Crippen LogP contribution in [-0.4, -0.2) is 23.1 Å². The Morgan fingerprint density at radius 1 is 1.27 bits per heavy atom. The number of likely N-dealkylation sites (tertiary alicyclic amines) is 1. The summed E-state index contributed by atoms with van der Waals surface area (Å²) in [6.07, 6.45) is 7.15. The van der Waals surface area contributed by atoms with E-state index in [2.05, 4.69) is 17.5 Å². The smallest absolute Gasteiger partial charge is 0.210 e. The zero-order valence-electron chi connectivity index (χ0n) is 6.49. The summed E-state index contributed by atoms with van der Waals surface area (Å²) in [5.41, 5.74) is 0. The van der Waals surface area contributed by atoms with Crippen molar-refractivity contribution in [2.45, 2.75) is 19.3 Å². The van der Waals surface area contributed by atoms with Crippen LogP contribution >= 0.6 is 12.6 Å². The van der Waals surface area contributed by atoms with E-state index in [1.807, 2.05) is 6.20 Å². The third-order valence-electron chi connectivity index (χ3n) is 1.82. The number of thiol groups is 1. The summed E-state index contributed by atoms with van der Waals surface area (Å²) in [4.78, 5) is 12.6. The highest BCUT2D eigenvalue weighted by Gasteiger charge is 2.04. The number of piperidine rings is 1. The lowest BCUT2D eigenvalue weighted by Gasteiger charge is -2.24. The van der Waals surface area contributed by atoms with Crippen molar-refractivity contribution in [2.24, 2.45) is 0 Å². The Bertz CT molecular complexity index is 161. The van der Waals surface area contributed by atoms with Crippen molar-refractivity contribution in [3.63, 3.8) is 0 Å². The van der Waals surface area contributed by atoms with E-state index in [0.717, 1.165) is 13.1 Å². The molecule has 0 atom stereocenters. The first-order valence-electron chi connectivity index (χ1n) is 3.94. The molecule has 0 aromatic carbocycles. The number of hydrogen-bond donors (Lipinski definition) is 1. The van der Waals surface area contributed by atoms with Crippen LogP contribution in [0.5, 0.6) is 0 Å². The van der Waals surface area contributed by atoms with Gasteiger partial charge >= 0.3 is 0 Å². The molecule has 0 amide bonds. The van der Waals surface area contributed by atoms with Crippen molar-refractivity contribution in [1.29, 1.82) is 0 Å². The second-order valence-corrected chi connectivity index (χ2v) is 3.19. The van der Waals surface area contributed by atoms with Gasteiger partial charge in [0.15, 0.2) is 0 Å². The molecule has 1 saturated heterocycles. The molecule has 1 heterocycles. The van der Waals surface area contributed by atoms with Gasteiger partial charge in [-0.05, 0) is 19.3 Å². The maximum Gasteiger partial charge on any atom is 0.210 e. The first kappa shape index (κ1) is 8.65. The Morgan fingerprint density at radius 2 is 1.91 bits per heavy atom. The van der Waals surface area contributed by atoms with Crippen LogP contribution in [0.4, 0.5) is 0 Å². The van der Waals surface area contributed by atoms with Crippen molar-refractivity contribution in [3.8, 4) is 0 Å². The molecule has 0 bridgehead atoms. The molecule has 0 radical (unpaired) electrons. The van der Waals surface area contributed by atoms with E-state index in [9.17, 15) is 4.79 Å². The fraction of sp³-hybridized carbons (Fsp3) is 0.625. The lowest BCUT2D eigenvalue weighted by molar-refractivity contribution is -0.106. The molecule has 0 unspecified atom stereocenters. The standard InChI is InChI=1S/C8H13NOS/c10-8(11)4-7-9-5-2-1-3-6-9/h4,7H,1-3,5-6H2,(H,10,11)/b7-4+. The molecule has 0 aromatic heterocycles. The van der Waals surface area contributed by atoms with Gasteiger partial charge in [0.1, 0.15) is 0 Å². The van der Waals surface area contributed by atoms with Gasteiger partial charge in [0.05, 0.1) is 0 Å². The van der Waals surface area contributed by atoms with E-state index >= 15 is 0 Å². The molecule has 0 aliphatic carbocycles. The average molecular weight is 171 g/mol. The van der Waals surface area contributed by atoms with Crippen molar-refractivity contribution < 1.29 is 4.79 Å². The minimum atomic E-state index is -0.171. The van der Waals surface area contributed by atoms with Crippen molar-refractivity contribution in [2.75, 3.05) is 13.1 Å². The third kappa shape index (κ3) is 3.46. The van der Waals surface area contributed by atoms with Crippen molar-refractivity contribution >= 4 is 17.7 Å². The van der Waals surface area contributed by atoms with Gasteiger partial charge in [-0.1, -0.05) is 0 Å². The fourth-order valence-corrected chi connectivity index (χ4v) is 1.30. The summed E-state index contributed by atoms with van der Waals surface area (Å²) in [6.45, 7) is 2.16. The molecule has 0 spiro atoms. The summed E-state index contributed by atoms with van der Waals surface area (Å²) in [6, 6.07) is 0. The van der Waals surface area contributed by atoms with Gasteiger partial charge in [-0.15, -0.1) is 12.6 Å². The Labute approximate surface area is 72.7 Å². The molecule has 1 aliphatic heterocycles. The summed E-state index contributed by atoms with van der Waals surface area (Å²) in [7, 11) is 0. The fourth-order valence-electron chi connectivity index (χ4n) is 1.24. The van der Waals surface area contributed by atoms with Crippen LogP contribution in [0.2, 0.25) is 0 Å². The molecule has 1 fully saturated rings. The average Bonchev–Trinajstić information content (AvgIpc) is 2.03. The normalized spacial score (nSPS) is 19.2. The molecule has 1 rings (SSSR count). The summed E-state index contributed by atoms with van der Waals surface area (Å²) >= 11 is 3.65. The van der Waals surface area contributed by atoms with Gasteiger partial charge in [-0.25, -0.2) is 0 Å². The Kier molecular flexibility index (Phi) is 3.49. The van der Waals surface area contributed by atoms with E-state index in [4.69, 9.17) is 0 Å². The maximum atomic E-state index is 10.4. The predicted molar refractivity (Wildman–Crippen MR) is 48.6 cm³/mol. The van der Waals surface area contributed by atoms with Gasteiger partial charge < -0.3 is 4.90 Å². The van der Waals surface area contributed by atoms with E-state index in [-0.39, 0.29) is 5.12 Å². The molecular weight excluding hydrogens is 158 g/mol. The minimum absolute atomic E-state index is 0.171. The monoisotopic (exact) mass is 171 g/mol. The van der Waals surface area contributed by atoms with E-state index < -0.39 is 0 Å². The topological polar surface area (TPSA) is 20.3 Å². The zero-order valence-corrected chi connectivity index (χ0v) is 7.39. The van der Waals surface area contributed by atoms with E-state index in [0.29, 0.717) is 0 Å². The minimum Gasteiger partial charge on any atom is -0.377 e. The highest BCUT2D eigenvalue weighted by molar-refractivity contribution is 7.97. The van der Waals surface area contributed by atoms with E-state index in [1.165, 1.54) is 25.3 Å². The van der Waals surface area contributed by atoms with Crippen LogP contribution in [-0.2, 0) is 4.79 Å². The Balaban J connectivity index is 2.29. The highest BCUT2D eigenvalue weighted by Crippen LogP contribution is 2.08. The predicted octanol–water partition coefficient (Wildman–Crippen LogP) is 1.44. The van der Waals surface area contributed by atoms with Gasteiger partial charge in [-0.2, -0.15) is 0 Å². The molecule has 3 heteroatoms. The van der Waals surface area contributed by atoms with Crippen LogP contribution < -0.4 is 0 Å². The van der Waals surface area contributed by atoms with Gasteiger partial charge in [0.25, 0.3) is 0 Å². The van der Waals surface area contributed by atoms with Gasteiger partial charge in [-0.3, -0.25) is 4.79 Å². The first-order chi connectivity index (χ1) is 5.29. The second-order valence-electron chi connectivity index (χ2n) is 2.75. The van der Waals surface area contributed by atoms with Crippen LogP contribution in [0.3, 0.4) is 0 Å². The third-order valence-corrected chi connectivity index (χ3v) is 1.97. The van der Waals surface area contributed by atoms with Crippen molar-refractivity contribution in [3.05, 3.63) is 12.3 Å². The van der Waals surface area contributed by atoms with Crippen molar-refractivity contribution in [1.82, 2.24) is 4.90 Å². The molecule has 0 saturated carbocycles. The SMILES string of the molecule is O=C(S)/C=C/N1CCCCC1. The number of carbonyl (C=O) groups excluding carboxylic acids is 1. The molecule has 0 aromatic rings. The molecule has 0 N–H and O–H groups in total. The van der Waals surface area contributed by atoms with Gasteiger partial charge in [0, 0.05) is 25.4 Å². The Morgan fingerprint density at radius 3 is 2.45 bits per heavy atom. The number of nitrogens with zero attached hydrogens (tertiary/aromatic N) is 1. The summed E-state index contributed by atoms with van der Waals surface area (Å²) < 4.78 is 0. The molecule has 11 heavy (non-hydrogen) atoms.